The van der Waals surface area contributed by atoms with Crippen molar-refractivity contribution in [2.75, 3.05) is 16.8 Å². The van der Waals surface area contributed by atoms with Crippen molar-refractivity contribution in [1.82, 2.24) is 0 Å². The van der Waals surface area contributed by atoms with Crippen molar-refractivity contribution in [3.63, 3.8) is 0 Å². The maximum absolute atomic E-state index is 12.7. The van der Waals surface area contributed by atoms with E-state index in [9.17, 15) is 14.4 Å². The first-order valence-corrected chi connectivity index (χ1v) is 8.32. The van der Waals surface area contributed by atoms with Crippen molar-refractivity contribution in [2.45, 2.75) is 33.2 Å². The third-order valence-electron chi connectivity index (χ3n) is 4.22. The quantitative estimate of drug-likeness (QED) is 0.854. The molecule has 0 radical (unpaired) electrons. The fourth-order valence-electron chi connectivity index (χ4n) is 3.08. The van der Waals surface area contributed by atoms with Gasteiger partial charge in [0.2, 0.25) is 5.91 Å². The molecular weight excluding hydrogens is 336 g/mol. The summed E-state index contributed by atoms with van der Waals surface area (Å²) in [5.41, 5.74) is 1.45. The van der Waals surface area contributed by atoms with E-state index in [-0.39, 0.29) is 18.4 Å². The molecule has 1 unspecified atom stereocenters. The average Bonchev–Trinajstić information content (AvgIpc) is 2.85. The number of hydrogen-bond donors (Lipinski definition) is 1. The Bertz CT molecular complexity index is 871. The van der Waals surface area contributed by atoms with E-state index in [4.69, 9.17) is 9.15 Å². The zero-order chi connectivity index (χ0) is 18.8. The molecule has 0 fully saturated rings. The van der Waals surface area contributed by atoms with Gasteiger partial charge in [0.1, 0.15) is 17.1 Å². The third-order valence-corrected chi connectivity index (χ3v) is 4.22. The second-order valence-electron chi connectivity index (χ2n) is 6.29. The van der Waals surface area contributed by atoms with Crippen molar-refractivity contribution in [3.05, 3.63) is 47.4 Å². The van der Waals surface area contributed by atoms with Gasteiger partial charge < -0.3 is 19.4 Å². The lowest BCUT2D eigenvalue weighted by Gasteiger charge is -2.27. The first-order chi connectivity index (χ1) is 12.4. The van der Waals surface area contributed by atoms with E-state index in [0.717, 1.165) is 0 Å². The number of benzene rings is 1. The van der Waals surface area contributed by atoms with Gasteiger partial charge in [-0.15, -0.1) is 0 Å². The minimum Gasteiger partial charge on any atom is -0.466 e. The van der Waals surface area contributed by atoms with E-state index in [0.29, 0.717) is 28.5 Å². The highest BCUT2D eigenvalue weighted by Gasteiger charge is 2.30. The summed E-state index contributed by atoms with van der Waals surface area (Å²) >= 11 is 0. The monoisotopic (exact) mass is 356 g/mol. The molecule has 1 N–H and O–H groups in total. The molecule has 26 heavy (non-hydrogen) atoms. The van der Waals surface area contributed by atoms with Gasteiger partial charge in [-0.1, -0.05) is 12.1 Å². The summed E-state index contributed by atoms with van der Waals surface area (Å²) in [6, 6.07) is 8.27. The Morgan fingerprint density at radius 3 is 2.73 bits per heavy atom. The third kappa shape index (κ3) is 3.46. The smallest absolute Gasteiger partial charge is 0.342 e. The highest BCUT2D eigenvalue weighted by Crippen LogP contribution is 2.31. The summed E-state index contributed by atoms with van der Waals surface area (Å²) in [5.74, 6) is -0.129. The van der Waals surface area contributed by atoms with Crippen molar-refractivity contribution in [2.24, 2.45) is 0 Å². The second kappa shape index (κ2) is 7.03. The molecule has 0 saturated carbocycles. The van der Waals surface area contributed by atoms with E-state index in [2.05, 4.69) is 5.32 Å². The van der Waals surface area contributed by atoms with E-state index >= 15 is 0 Å². The number of anilines is 2. The molecular formula is C19H20N2O5. The molecule has 0 saturated heterocycles. The summed E-state index contributed by atoms with van der Waals surface area (Å²) in [4.78, 5) is 38.4. The van der Waals surface area contributed by atoms with Crippen LogP contribution in [0.5, 0.6) is 0 Å². The lowest BCUT2D eigenvalue weighted by Crippen LogP contribution is -2.41. The molecule has 1 aliphatic heterocycles. The highest BCUT2D eigenvalue weighted by atomic mass is 16.5. The zero-order valence-corrected chi connectivity index (χ0v) is 14.9. The summed E-state index contributed by atoms with van der Waals surface area (Å²) in [5, 5.41) is 2.79. The first kappa shape index (κ1) is 17.7. The number of ether oxygens (including phenoxy) is 1. The number of carbonyl (C=O) groups excluding carboxylic acids is 3. The maximum Gasteiger partial charge on any atom is 0.342 e. The van der Waals surface area contributed by atoms with Crippen LogP contribution in [-0.4, -0.2) is 30.4 Å². The summed E-state index contributed by atoms with van der Waals surface area (Å²) in [6.07, 6.45) is 0.161. The van der Waals surface area contributed by atoms with Gasteiger partial charge in [0.05, 0.1) is 11.4 Å². The largest absolute Gasteiger partial charge is 0.466 e. The molecule has 0 bridgehead atoms. The summed E-state index contributed by atoms with van der Waals surface area (Å²) < 4.78 is 10.5. The van der Waals surface area contributed by atoms with Gasteiger partial charge in [-0.2, -0.15) is 0 Å². The van der Waals surface area contributed by atoms with Crippen LogP contribution in [0.3, 0.4) is 0 Å². The predicted molar refractivity (Wildman–Crippen MR) is 95.1 cm³/mol. The zero-order valence-electron chi connectivity index (χ0n) is 14.9. The normalized spacial score (nSPS) is 16.5. The van der Waals surface area contributed by atoms with E-state index in [1.54, 1.807) is 51.1 Å². The topological polar surface area (TPSA) is 88.9 Å². The van der Waals surface area contributed by atoms with Crippen LogP contribution in [0.2, 0.25) is 0 Å². The molecule has 7 nitrogen and oxygen atoms in total. The molecule has 7 heteroatoms. The van der Waals surface area contributed by atoms with Crippen LogP contribution in [-0.2, 0) is 14.3 Å². The van der Waals surface area contributed by atoms with Gasteiger partial charge >= 0.3 is 5.97 Å². The Hall–Kier alpha value is -3.09. The van der Waals surface area contributed by atoms with Crippen LogP contribution in [0.15, 0.2) is 34.7 Å². The van der Waals surface area contributed by atoms with Crippen LogP contribution in [0.25, 0.3) is 0 Å². The van der Waals surface area contributed by atoms with Crippen molar-refractivity contribution in [3.8, 4) is 0 Å². The van der Waals surface area contributed by atoms with Gasteiger partial charge in [0.15, 0.2) is 6.61 Å². The standard InChI is InChI=1S/C19H20N2O5/c1-11-8-17(22)20-15-6-4-5-7-16(15)21(11)18(23)10-25-19(24)14-9-12(2)26-13(14)3/h4-7,9,11H,8,10H2,1-3H3,(H,20,22). The molecule has 2 heterocycles. The van der Waals surface area contributed by atoms with Crippen LogP contribution in [0, 0.1) is 13.8 Å². The Balaban J connectivity index is 1.77. The number of furan rings is 1. The van der Waals surface area contributed by atoms with Gasteiger partial charge in [-0.05, 0) is 39.0 Å². The minimum atomic E-state index is -0.613. The molecule has 2 amide bonds. The number of fused-ring (bicyclic) bond motifs is 1. The minimum absolute atomic E-state index is 0.161. The number of nitrogens with one attached hydrogen (secondary N) is 1. The van der Waals surface area contributed by atoms with Crippen LogP contribution < -0.4 is 10.2 Å². The second-order valence-corrected chi connectivity index (χ2v) is 6.29. The lowest BCUT2D eigenvalue weighted by atomic mass is 10.1. The Labute approximate surface area is 150 Å². The molecule has 1 atom stereocenters. The van der Waals surface area contributed by atoms with E-state index in [1.165, 1.54) is 4.90 Å². The first-order valence-electron chi connectivity index (χ1n) is 8.32. The number of amides is 2. The summed E-state index contributed by atoms with van der Waals surface area (Å²) in [6.45, 7) is 4.75. The predicted octanol–water partition coefficient (Wildman–Crippen LogP) is 2.82. The van der Waals surface area contributed by atoms with Gasteiger partial charge in [0.25, 0.3) is 5.91 Å². The van der Waals surface area contributed by atoms with Crippen LogP contribution in [0.4, 0.5) is 11.4 Å². The Kier molecular flexibility index (Phi) is 4.79. The lowest BCUT2D eigenvalue weighted by molar-refractivity contribution is -0.122. The molecule has 1 aromatic heterocycles. The number of rotatable bonds is 3. The van der Waals surface area contributed by atoms with Gasteiger partial charge in [0, 0.05) is 12.5 Å². The van der Waals surface area contributed by atoms with Gasteiger partial charge in [-0.3, -0.25) is 9.59 Å². The molecule has 2 aromatic rings. The molecule has 136 valence electrons. The molecule has 0 spiro atoms. The van der Waals surface area contributed by atoms with Crippen molar-refractivity contribution >= 4 is 29.2 Å². The van der Waals surface area contributed by atoms with Crippen molar-refractivity contribution < 1.29 is 23.5 Å². The number of carbonyl (C=O) groups is 3. The van der Waals surface area contributed by atoms with E-state index < -0.39 is 18.5 Å². The van der Waals surface area contributed by atoms with Crippen LogP contribution >= 0.6 is 0 Å². The number of hydrogen-bond acceptors (Lipinski definition) is 5. The van der Waals surface area contributed by atoms with Crippen molar-refractivity contribution in [1.29, 1.82) is 0 Å². The number of esters is 1. The molecule has 1 aliphatic rings. The fraction of sp³-hybridized carbons (Fsp3) is 0.316. The van der Waals surface area contributed by atoms with Gasteiger partial charge in [-0.25, -0.2) is 4.79 Å². The number of para-hydroxylation sites is 2. The average molecular weight is 356 g/mol. The number of aryl methyl sites for hydroxylation is 2. The molecule has 3 rings (SSSR count). The molecule has 0 aliphatic carbocycles. The maximum atomic E-state index is 12.7. The van der Waals surface area contributed by atoms with Crippen LogP contribution in [0.1, 0.15) is 35.2 Å². The summed E-state index contributed by atoms with van der Waals surface area (Å²) in [7, 11) is 0. The fourth-order valence-corrected chi connectivity index (χ4v) is 3.08. The Morgan fingerprint density at radius 1 is 1.31 bits per heavy atom. The highest BCUT2D eigenvalue weighted by molar-refractivity contribution is 6.05. The SMILES string of the molecule is Cc1cc(C(=O)OCC(=O)N2c3ccccc3NC(=O)CC2C)c(C)o1. The Morgan fingerprint density at radius 2 is 2.04 bits per heavy atom. The van der Waals surface area contributed by atoms with E-state index in [1.807, 2.05) is 0 Å². The molecule has 1 aromatic carbocycles. The number of nitrogens with zero attached hydrogens (tertiary/aromatic N) is 1.